The fourth-order valence-corrected chi connectivity index (χ4v) is 4.79. The predicted octanol–water partition coefficient (Wildman–Crippen LogP) is 5.98. The molecule has 0 radical (unpaired) electrons. The number of methoxy groups -OCH3 is 1. The van der Waals surface area contributed by atoms with Gasteiger partial charge in [0.25, 0.3) is 23.6 Å². The number of nitrogens with zero attached hydrogens (tertiary/aromatic N) is 2. The fraction of sp³-hybridized carbons (Fsp3) is 0.0244. The van der Waals surface area contributed by atoms with Gasteiger partial charge in [-0.3, -0.25) is 29.6 Å². The number of benzene rings is 5. The maximum atomic E-state index is 14.8. The van der Waals surface area contributed by atoms with Crippen LogP contribution in [0.3, 0.4) is 0 Å². The van der Waals surface area contributed by atoms with Crippen LogP contribution in [0.4, 0.5) is 4.39 Å². The van der Waals surface area contributed by atoms with Gasteiger partial charge in [0.05, 0.1) is 19.5 Å². The topological polar surface area (TPSA) is 209 Å². The van der Waals surface area contributed by atoms with E-state index in [2.05, 4.69) is 21.1 Å². The van der Waals surface area contributed by atoms with Gasteiger partial charge in [0, 0.05) is 29.3 Å². The molecule has 16 heteroatoms. The summed E-state index contributed by atoms with van der Waals surface area (Å²) in [4.78, 5) is 47.5. The molecule has 0 aliphatic heterocycles. The van der Waals surface area contributed by atoms with Gasteiger partial charge in [-0.15, -0.1) is 0 Å². The van der Waals surface area contributed by atoms with Gasteiger partial charge < -0.3 is 14.2 Å². The second-order valence-corrected chi connectivity index (χ2v) is 11.5. The van der Waals surface area contributed by atoms with Crippen LogP contribution in [0.25, 0.3) is 12.2 Å². The number of rotatable bonds is 15. The van der Waals surface area contributed by atoms with Crippen molar-refractivity contribution in [3.63, 3.8) is 0 Å². The Hall–Kier alpha value is -7.95. The Morgan fingerprint density at radius 2 is 1.12 bits per heavy atom. The zero-order valence-corrected chi connectivity index (χ0v) is 29.9. The first-order valence-electron chi connectivity index (χ1n) is 16.7. The lowest BCUT2D eigenvalue weighted by atomic mass is 10.1. The third kappa shape index (κ3) is 12.0. The second-order valence-electron chi connectivity index (χ2n) is 11.5. The van der Waals surface area contributed by atoms with Crippen LogP contribution in [0.2, 0.25) is 0 Å². The minimum Gasteiger partial charge on any atom is -0.493 e. The van der Waals surface area contributed by atoms with Crippen LogP contribution in [-0.2, 0) is 9.59 Å². The number of carbonyl (C=O) groups is 4. The van der Waals surface area contributed by atoms with Crippen LogP contribution in [0.1, 0.15) is 43.0 Å². The Morgan fingerprint density at radius 3 is 1.75 bits per heavy atom. The average Bonchev–Trinajstić information content (AvgIpc) is 3.23. The molecular weight excluding hydrogens is 739 g/mol. The second kappa shape index (κ2) is 19.9. The van der Waals surface area contributed by atoms with E-state index < -0.39 is 29.4 Å². The van der Waals surface area contributed by atoms with Gasteiger partial charge in [0.15, 0.2) is 23.1 Å². The van der Waals surface area contributed by atoms with Gasteiger partial charge >= 0.3 is 0 Å². The van der Waals surface area contributed by atoms with Crippen LogP contribution in [0, 0.1) is 5.82 Å². The lowest BCUT2D eigenvalue weighted by Crippen LogP contribution is -2.17. The highest BCUT2D eigenvalue weighted by Gasteiger charge is 2.11. The monoisotopic (exact) mass is 772 g/mol. The van der Waals surface area contributed by atoms with E-state index in [1.807, 2.05) is 0 Å². The number of hydrazone groups is 2. The Balaban J connectivity index is 1.17. The summed E-state index contributed by atoms with van der Waals surface area (Å²) in [7, 11) is 1.46. The number of hydrogen-bond donors (Lipinski definition) is 6. The van der Waals surface area contributed by atoms with Crippen molar-refractivity contribution >= 4 is 48.2 Å². The van der Waals surface area contributed by atoms with E-state index in [0.29, 0.717) is 50.6 Å². The molecule has 0 aliphatic rings. The molecule has 5 rings (SSSR count). The van der Waals surface area contributed by atoms with Crippen molar-refractivity contribution < 1.29 is 48.2 Å². The summed E-state index contributed by atoms with van der Waals surface area (Å²) in [5.41, 5.74) is 10.6. The lowest BCUT2D eigenvalue weighted by molar-refractivity contribution is -0.124. The number of halogens is 1. The summed E-state index contributed by atoms with van der Waals surface area (Å²) in [5, 5.41) is 25.2. The Morgan fingerprint density at radius 1 is 0.579 bits per heavy atom. The number of nitrogens with one attached hydrogen (secondary N) is 4. The summed E-state index contributed by atoms with van der Waals surface area (Å²) in [5.74, 6) is -1.82. The van der Waals surface area contributed by atoms with Crippen LogP contribution >= 0.6 is 0 Å². The molecule has 0 unspecified atom stereocenters. The normalized spacial score (nSPS) is 11.2. The van der Waals surface area contributed by atoms with E-state index in [9.17, 15) is 23.6 Å². The SMILES string of the molecule is COc1cc(/C=N/NC(=O)c2cccc(/C=C/C(=O)NO)c2)ccc1Oc1cccc(Oc2cc(/C=N/NC(=O)c3ccc(/C=C/C(=O)NO)cc3)ccc2F)c1. The molecule has 288 valence electrons. The summed E-state index contributed by atoms with van der Waals surface area (Å²) < 4.78 is 32.1. The third-order valence-corrected chi connectivity index (χ3v) is 7.56. The molecule has 57 heavy (non-hydrogen) atoms. The molecule has 0 atom stereocenters. The molecule has 0 heterocycles. The van der Waals surface area contributed by atoms with Crippen LogP contribution in [-0.4, -0.2) is 53.6 Å². The van der Waals surface area contributed by atoms with E-state index in [4.69, 9.17) is 24.6 Å². The molecule has 0 saturated heterocycles. The van der Waals surface area contributed by atoms with E-state index in [1.165, 1.54) is 73.0 Å². The molecule has 0 bridgehead atoms. The highest BCUT2D eigenvalue weighted by molar-refractivity contribution is 5.97. The van der Waals surface area contributed by atoms with Crippen molar-refractivity contribution in [2.45, 2.75) is 0 Å². The number of ether oxygens (including phenoxy) is 3. The van der Waals surface area contributed by atoms with E-state index in [0.717, 1.165) is 12.2 Å². The van der Waals surface area contributed by atoms with Crippen molar-refractivity contribution in [3.8, 4) is 28.7 Å². The summed E-state index contributed by atoms with van der Waals surface area (Å²) in [6, 6.07) is 28.3. The number of amides is 4. The van der Waals surface area contributed by atoms with Crippen LogP contribution in [0.5, 0.6) is 28.7 Å². The molecular formula is C41H33FN6O9. The molecule has 5 aromatic carbocycles. The lowest BCUT2D eigenvalue weighted by Gasteiger charge is -2.13. The minimum atomic E-state index is -0.709. The Labute approximate surface area is 324 Å². The van der Waals surface area contributed by atoms with Crippen molar-refractivity contribution in [3.05, 3.63) is 161 Å². The van der Waals surface area contributed by atoms with Gasteiger partial charge in [0.2, 0.25) is 0 Å². The number of hydroxylamine groups is 2. The first kappa shape index (κ1) is 40.2. The maximum absolute atomic E-state index is 14.8. The van der Waals surface area contributed by atoms with Crippen molar-refractivity contribution in [1.29, 1.82) is 0 Å². The summed E-state index contributed by atoms with van der Waals surface area (Å²) in [6.07, 6.45) is 7.88. The molecule has 0 fully saturated rings. The maximum Gasteiger partial charge on any atom is 0.271 e. The zero-order valence-electron chi connectivity index (χ0n) is 29.9. The third-order valence-electron chi connectivity index (χ3n) is 7.56. The van der Waals surface area contributed by atoms with Crippen molar-refractivity contribution in [2.24, 2.45) is 10.2 Å². The largest absolute Gasteiger partial charge is 0.493 e. The Bertz CT molecular complexity index is 2380. The van der Waals surface area contributed by atoms with Gasteiger partial charge in [0.1, 0.15) is 11.5 Å². The first-order valence-corrected chi connectivity index (χ1v) is 16.7. The smallest absolute Gasteiger partial charge is 0.271 e. The van der Waals surface area contributed by atoms with Gasteiger partial charge in [-0.05, 0) is 101 Å². The fourth-order valence-electron chi connectivity index (χ4n) is 4.79. The van der Waals surface area contributed by atoms with Crippen LogP contribution in [0.15, 0.2) is 132 Å². The minimum absolute atomic E-state index is 0.106. The summed E-state index contributed by atoms with van der Waals surface area (Å²) in [6.45, 7) is 0. The van der Waals surface area contributed by atoms with Gasteiger partial charge in [-0.1, -0.05) is 36.4 Å². The highest BCUT2D eigenvalue weighted by atomic mass is 19.1. The Kier molecular flexibility index (Phi) is 14.1. The van der Waals surface area contributed by atoms with Gasteiger partial charge in [-0.25, -0.2) is 26.2 Å². The molecule has 15 nitrogen and oxygen atoms in total. The molecule has 4 amide bonds. The molecule has 0 spiro atoms. The molecule has 5 aromatic rings. The quantitative estimate of drug-likeness (QED) is 0.0319. The number of hydrogen-bond acceptors (Lipinski definition) is 11. The number of carbonyl (C=O) groups excluding carboxylic acids is 4. The van der Waals surface area contributed by atoms with E-state index in [1.54, 1.807) is 78.9 Å². The van der Waals surface area contributed by atoms with Crippen LogP contribution < -0.4 is 36.0 Å². The van der Waals surface area contributed by atoms with E-state index in [-0.39, 0.29) is 11.5 Å². The molecule has 0 aliphatic carbocycles. The molecule has 0 aromatic heterocycles. The highest BCUT2D eigenvalue weighted by Crippen LogP contribution is 2.34. The predicted molar refractivity (Wildman–Crippen MR) is 207 cm³/mol. The van der Waals surface area contributed by atoms with Crippen molar-refractivity contribution in [1.82, 2.24) is 21.8 Å². The summed E-state index contributed by atoms with van der Waals surface area (Å²) >= 11 is 0. The molecule has 0 saturated carbocycles. The first-order chi connectivity index (χ1) is 27.6. The van der Waals surface area contributed by atoms with E-state index >= 15 is 0 Å². The van der Waals surface area contributed by atoms with Gasteiger partial charge in [-0.2, -0.15) is 10.2 Å². The van der Waals surface area contributed by atoms with Crippen molar-refractivity contribution in [2.75, 3.05) is 7.11 Å². The zero-order chi connectivity index (χ0) is 40.6. The molecule has 6 N–H and O–H groups in total. The average molecular weight is 773 g/mol. The standard InChI is InChI=1S/C41H33FN6O9/c1-55-37-22-29(25-44-46-41(52)31-5-2-4-27(20-31)13-19-39(50)48-54)11-17-35(37)56-32-6-3-7-33(23-32)57-36-21-28(10-16-34(36)42)24-43-45-40(51)30-14-8-26(9-15-30)12-18-38(49)47-53/h2-25,53-54H,1H3,(H,45,51)(H,46,52)(H,47,49)(H,48,50)/b18-12+,19-13+,43-24+,44-25+.